The van der Waals surface area contributed by atoms with E-state index in [4.69, 9.17) is 23.8 Å². The molecule has 5 nitrogen and oxygen atoms in total. The number of benzene rings is 7. The lowest BCUT2D eigenvalue weighted by Gasteiger charge is -2.27. The van der Waals surface area contributed by atoms with E-state index in [1.165, 1.54) is 11.1 Å². The molecule has 12 rings (SSSR count). The molecule has 262 valence electrons. The Kier molecular flexibility index (Phi) is 6.69. The van der Waals surface area contributed by atoms with E-state index in [1.807, 2.05) is 54.6 Å². The standard InChI is InChI=1S/C51H31N3O2/c1-2-13-31(14-3-1)49-52-50(33-26-27-35-32(28-33)25-24-30-12-4-5-15-34(30)35)54-51(53-49)41-21-11-23-45-46(41)40-20-10-19-39(47(40)56-45)42-29-43-37-17-8-9-22-44(37)55-48(43)38-18-7-6-16-36(38)42/h1-30,34H. The van der Waals surface area contributed by atoms with Crippen LogP contribution in [0, 0.1) is 5.92 Å². The van der Waals surface area contributed by atoms with E-state index < -0.39 is 0 Å². The van der Waals surface area contributed by atoms with Crippen molar-refractivity contribution in [2.24, 2.45) is 5.92 Å². The van der Waals surface area contributed by atoms with Gasteiger partial charge in [0.05, 0.1) is 0 Å². The Hall–Kier alpha value is -7.37. The van der Waals surface area contributed by atoms with Crippen molar-refractivity contribution in [3.05, 3.63) is 181 Å². The lowest BCUT2D eigenvalue weighted by atomic mass is 9.77. The van der Waals surface area contributed by atoms with Crippen LogP contribution >= 0.6 is 0 Å². The minimum atomic E-state index is 0.332. The summed E-state index contributed by atoms with van der Waals surface area (Å²) in [6.45, 7) is 0. The van der Waals surface area contributed by atoms with Crippen LogP contribution < -0.4 is 0 Å². The number of hydrogen-bond donors (Lipinski definition) is 0. The molecule has 56 heavy (non-hydrogen) atoms. The van der Waals surface area contributed by atoms with Gasteiger partial charge in [0.2, 0.25) is 0 Å². The third kappa shape index (κ3) is 4.71. The first-order valence-electron chi connectivity index (χ1n) is 19.0. The number of rotatable bonds is 4. The highest BCUT2D eigenvalue weighted by atomic mass is 16.3. The summed E-state index contributed by atoms with van der Waals surface area (Å²) in [5, 5.41) is 6.32. The molecule has 2 atom stereocenters. The minimum Gasteiger partial charge on any atom is -0.455 e. The Labute approximate surface area is 321 Å². The van der Waals surface area contributed by atoms with Crippen molar-refractivity contribution in [3.8, 4) is 45.3 Å². The molecule has 0 saturated carbocycles. The van der Waals surface area contributed by atoms with Crippen molar-refractivity contribution in [1.29, 1.82) is 0 Å². The van der Waals surface area contributed by atoms with Crippen LogP contribution in [0.5, 0.6) is 0 Å². The third-order valence-electron chi connectivity index (χ3n) is 11.5. The molecule has 10 aromatic rings. The highest BCUT2D eigenvalue weighted by Gasteiger charge is 2.25. The number of allylic oxidation sites excluding steroid dienone is 5. The SMILES string of the molecule is C1=CC2C=Cc3cc(-c4nc(-c5ccccc5)nc(-c5cccc6oc7c(-c8cc9c%10ccccc%10oc9c9ccccc89)cccc7c56)n4)ccc3C2C=C1. The largest absolute Gasteiger partial charge is 0.455 e. The van der Waals surface area contributed by atoms with Crippen LogP contribution in [0.4, 0.5) is 0 Å². The predicted octanol–water partition coefficient (Wildman–Crippen LogP) is 13.3. The topological polar surface area (TPSA) is 65.0 Å². The molecule has 3 aromatic heterocycles. The molecule has 0 spiro atoms. The second-order valence-electron chi connectivity index (χ2n) is 14.7. The molecule has 3 heterocycles. The fourth-order valence-corrected chi connectivity index (χ4v) is 8.85. The Morgan fingerprint density at radius 2 is 1.12 bits per heavy atom. The van der Waals surface area contributed by atoms with Gasteiger partial charge in [-0.05, 0) is 46.3 Å². The number of para-hydroxylation sites is 2. The van der Waals surface area contributed by atoms with Gasteiger partial charge in [0.1, 0.15) is 22.3 Å². The average molecular weight is 718 g/mol. The lowest BCUT2D eigenvalue weighted by molar-refractivity contribution is 0.670. The van der Waals surface area contributed by atoms with Crippen LogP contribution in [0.2, 0.25) is 0 Å². The van der Waals surface area contributed by atoms with Crippen molar-refractivity contribution in [2.45, 2.75) is 5.92 Å². The number of nitrogens with zero attached hydrogens (tertiary/aromatic N) is 3. The molecular weight excluding hydrogens is 687 g/mol. The summed E-state index contributed by atoms with van der Waals surface area (Å²) in [4.78, 5) is 15.5. The molecule has 7 aromatic carbocycles. The summed E-state index contributed by atoms with van der Waals surface area (Å²) in [5.74, 6) is 2.56. The maximum absolute atomic E-state index is 6.85. The normalized spacial score (nSPS) is 16.0. The lowest BCUT2D eigenvalue weighted by Crippen LogP contribution is -2.13. The number of fused-ring (bicyclic) bond motifs is 11. The van der Waals surface area contributed by atoms with Crippen molar-refractivity contribution >= 4 is 60.7 Å². The Bertz CT molecular complexity index is 3330. The zero-order valence-corrected chi connectivity index (χ0v) is 30.1. The van der Waals surface area contributed by atoms with Crippen LogP contribution in [0.3, 0.4) is 0 Å². The fourth-order valence-electron chi connectivity index (χ4n) is 8.85. The molecule has 0 saturated heterocycles. The molecule has 0 amide bonds. The van der Waals surface area contributed by atoms with Gasteiger partial charge >= 0.3 is 0 Å². The van der Waals surface area contributed by atoms with E-state index in [0.717, 1.165) is 82.5 Å². The summed E-state index contributed by atoms with van der Waals surface area (Å²) in [6.07, 6.45) is 13.4. The van der Waals surface area contributed by atoms with Gasteiger partial charge in [-0.2, -0.15) is 0 Å². The summed E-state index contributed by atoms with van der Waals surface area (Å²) in [5.41, 5.74) is 10.7. The van der Waals surface area contributed by atoms with Gasteiger partial charge in [0.15, 0.2) is 17.5 Å². The molecule has 2 aliphatic carbocycles. The van der Waals surface area contributed by atoms with E-state index in [0.29, 0.717) is 29.3 Å². The first-order valence-corrected chi connectivity index (χ1v) is 19.0. The van der Waals surface area contributed by atoms with Crippen molar-refractivity contribution in [3.63, 3.8) is 0 Å². The number of aromatic nitrogens is 3. The second-order valence-corrected chi connectivity index (χ2v) is 14.7. The zero-order chi connectivity index (χ0) is 36.7. The molecule has 0 bridgehead atoms. The summed E-state index contributed by atoms with van der Waals surface area (Å²) >= 11 is 0. The molecule has 0 N–H and O–H groups in total. The van der Waals surface area contributed by atoms with E-state index >= 15 is 0 Å². The van der Waals surface area contributed by atoms with E-state index in [-0.39, 0.29) is 0 Å². The predicted molar refractivity (Wildman–Crippen MR) is 227 cm³/mol. The Morgan fingerprint density at radius 1 is 0.429 bits per heavy atom. The molecule has 2 aliphatic rings. The van der Waals surface area contributed by atoms with Gasteiger partial charge in [-0.1, -0.05) is 152 Å². The van der Waals surface area contributed by atoms with Crippen molar-refractivity contribution in [1.82, 2.24) is 15.0 Å². The van der Waals surface area contributed by atoms with Crippen LogP contribution in [0.1, 0.15) is 17.0 Å². The Morgan fingerprint density at radius 3 is 2.04 bits per heavy atom. The minimum absolute atomic E-state index is 0.332. The van der Waals surface area contributed by atoms with Crippen molar-refractivity contribution < 1.29 is 8.83 Å². The number of hydrogen-bond acceptors (Lipinski definition) is 5. The summed E-state index contributed by atoms with van der Waals surface area (Å²) in [7, 11) is 0. The quantitative estimate of drug-likeness (QED) is 0.181. The van der Waals surface area contributed by atoms with E-state index in [2.05, 4.69) is 121 Å². The first-order chi connectivity index (χ1) is 27.7. The van der Waals surface area contributed by atoms with Gasteiger partial charge in [0.25, 0.3) is 0 Å². The van der Waals surface area contributed by atoms with Crippen molar-refractivity contribution in [2.75, 3.05) is 0 Å². The van der Waals surface area contributed by atoms with Crippen LogP contribution in [-0.2, 0) is 0 Å². The third-order valence-corrected chi connectivity index (χ3v) is 11.5. The molecule has 0 fully saturated rings. The summed E-state index contributed by atoms with van der Waals surface area (Å²) in [6, 6.07) is 48.3. The first kappa shape index (κ1) is 31.0. The van der Waals surface area contributed by atoms with Gasteiger partial charge in [-0.3, -0.25) is 0 Å². The maximum atomic E-state index is 6.85. The fraction of sp³-hybridized carbons (Fsp3) is 0.0392. The van der Waals surface area contributed by atoms with Gasteiger partial charge in [-0.15, -0.1) is 0 Å². The van der Waals surface area contributed by atoms with Crippen LogP contribution in [0.25, 0.3) is 106 Å². The zero-order valence-electron chi connectivity index (χ0n) is 30.1. The smallest absolute Gasteiger partial charge is 0.164 e. The highest BCUT2D eigenvalue weighted by molar-refractivity contribution is 6.22. The van der Waals surface area contributed by atoms with E-state index in [9.17, 15) is 0 Å². The van der Waals surface area contributed by atoms with Crippen LogP contribution in [-0.4, -0.2) is 15.0 Å². The molecule has 5 heteroatoms. The van der Waals surface area contributed by atoms with Gasteiger partial charge in [-0.25, -0.2) is 15.0 Å². The number of furan rings is 2. The molecule has 0 radical (unpaired) electrons. The van der Waals surface area contributed by atoms with Gasteiger partial charge < -0.3 is 8.83 Å². The maximum Gasteiger partial charge on any atom is 0.164 e. The van der Waals surface area contributed by atoms with Gasteiger partial charge in [0, 0.05) is 61.0 Å². The average Bonchev–Trinajstić information content (AvgIpc) is 3.85. The second kappa shape index (κ2) is 12.1. The highest BCUT2D eigenvalue weighted by Crippen LogP contribution is 2.45. The molecular formula is C51H31N3O2. The Balaban J connectivity index is 1.07. The molecule has 0 aliphatic heterocycles. The van der Waals surface area contributed by atoms with Crippen LogP contribution in [0.15, 0.2) is 179 Å². The van der Waals surface area contributed by atoms with E-state index in [1.54, 1.807) is 0 Å². The monoisotopic (exact) mass is 717 g/mol. The summed E-state index contributed by atoms with van der Waals surface area (Å²) < 4.78 is 13.3. The molecule has 2 unspecified atom stereocenters.